The molecular formula is C16H18N2O3S2. The Hall–Kier alpha value is -2.12. The molecule has 2 N–H and O–H groups in total. The van der Waals surface area contributed by atoms with Gasteiger partial charge in [0.2, 0.25) is 0 Å². The fraction of sp³-hybridized carbons (Fsp3) is 0.188. The smallest absolute Gasteiger partial charge is 0.175 e. The van der Waals surface area contributed by atoms with Crippen molar-refractivity contribution in [1.82, 2.24) is 5.32 Å². The van der Waals surface area contributed by atoms with Crippen LogP contribution in [0.15, 0.2) is 53.4 Å². The van der Waals surface area contributed by atoms with Gasteiger partial charge in [0.25, 0.3) is 0 Å². The Labute approximate surface area is 141 Å². The van der Waals surface area contributed by atoms with Crippen LogP contribution in [0.25, 0.3) is 0 Å². The van der Waals surface area contributed by atoms with Crippen molar-refractivity contribution in [1.29, 1.82) is 0 Å². The van der Waals surface area contributed by atoms with Crippen LogP contribution in [0.4, 0.5) is 5.69 Å². The topological polar surface area (TPSA) is 67.4 Å². The van der Waals surface area contributed by atoms with Crippen LogP contribution in [0.1, 0.15) is 5.56 Å². The summed E-state index contributed by atoms with van der Waals surface area (Å²) in [5.74, 6) is 0.778. The third kappa shape index (κ3) is 5.22. The molecular weight excluding hydrogens is 332 g/mol. The van der Waals surface area contributed by atoms with Crippen molar-refractivity contribution < 1.29 is 13.2 Å². The van der Waals surface area contributed by atoms with Crippen molar-refractivity contribution in [3.8, 4) is 5.75 Å². The molecule has 0 radical (unpaired) electrons. The SMILES string of the molecule is COc1ccc(NC(=S)NCc2ccc(S(C)(=O)=O)cc2)cc1. The van der Waals surface area contributed by atoms with E-state index in [-0.39, 0.29) is 0 Å². The zero-order valence-corrected chi connectivity index (χ0v) is 14.5. The quantitative estimate of drug-likeness (QED) is 0.808. The maximum absolute atomic E-state index is 11.4. The summed E-state index contributed by atoms with van der Waals surface area (Å²) in [6.45, 7) is 0.506. The first-order valence-electron chi connectivity index (χ1n) is 6.86. The van der Waals surface area contributed by atoms with Crippen LogP contribution in [0.5, 0.6) is 5.75 Å². The largest absolute Gasteiger partial charge is 0.497 e. The summed E-state index contributed by atoms with van der Waals surface area (Å²) in [7, 11) is -1.55. The molecule has 0 saturated carbocycles. The molecule has 0 aliphatic heterocycles. The van der Waals surface area contributed by atoms with Gasteiger partial charge < -0.3 is 15.4 Å². The number of benzene rings is 2. The third-order valence-corrected chi connectivity index (χ3v) is 4.53. The van der Waals surface area contributed by atoms with Crippen LogP contribution in [0.3, 0.4) is 0 Å². The van der Waals surface area contributed by atoms with E-state index in [0.29, 0.717) is 16.6 Å². The predicted molar refractivity (Wildman–Crippen MR) is 95.6 cm³/mol. The van der Waals surface area contributed by atoms with Crippen molar-refractivity contribution in [3.63, 3.8) is 0 Å². The van der Waals surface area contributed by atoms with Gasteiger partial charge in [-0.15, -0.1) is 0 Å². The molecule has 2 rings (SSSR count). The van der Waals surface area contributed by atoms with Gasteiger partial charge in [0, 0.05) is 18.5 Å². The summed E-state index contributed by atoms with van der Waals surface area (Å²) in [6, 6.07) is 14.1. The van der Waals surface area contributed by atoms with Gasteiger partial charge >= 0.3 is 0 Å². The van der Waals surface area contributed by atoms with Gasteiger partial charge in [0.05, 0.1) is 12.0 Å². The zero-order valence-electron chi connectivity index (χ0n) is 12.9. The Morgan fingerprint density at radius 1 is 1.09 bits per heavy atom. The predicted octanol–water partition coefficient (Wildman–Crippen LogP) is 2.59. The average molecular weight is 350 g/mol. The first kappa shape index (κ1) is 17.2. The lowest BCUT2D eigenvalue weighted by atomic mass is 10.2. The van der Waals surface area contributed by atoms with Gasteiger partial charge in [-0.2, -0.15) is 0 Å². The minimum Gasteiger partial charge on any atom is -0.497 e. The van der Waals surface area contributed by atoms with Crippen LogP contribution < -0.4 is 15.4 Å². The third-order valence-electron chi connectivity index (χ3n) is 3.15. The summed E-state index contributed by atoms with van der Waals surface area (Å²) in [4.78, 5) is 0.306. The van der Waals surface area contributed by atoms with E-state index in [1.807, 2.05) is 24.3 Å². The highest BCUT2D eigenvalue weighted by Crippen LogP contribution is 2.15. The Kier molecular flexibility index (Phi) is 5.57. The first-order chi connectivity index (χ1) is 10.9. The van der Waals surface area contributed by atoms with Crippen molar-refractivity contribution in [2.45, 2.75) is 11.4 Å². The molecule has 0 aliphatic rings. The van der Waals surface area contributed by atoms with E-state index in [2.05, 4.69) is 10.6 Å². The highest BCUT2D eigenvalue weighted by atomic mass is 32.2. The Morgan fingerprint density at radius 2 is 1.70 bits per heavy atom. The standard InChI is InChI=1S/C16H18N2O3S2/c1-21-14-7-5-13(6-8-14)18-16(22)17-11-12-3-9-15(10-4-12)23(2,19)20/h3-10H,11H2,1-2H3,(H2,17,18,22). The Bertz CT molecular complexity index is 770. The molecule has 122 valence electrons. The Balaban J connectivity index is 1.88. The molecule has 5 nitrogen and oxygen atoms in total. The lowest BCUT2D eigenvalue weighted by Crippen LogP contribution is -2.27. The van der Waals surface area contributed by atoms with Gasteiger partial charge in [-0.05, 0) is 54.2 Å². The van der Waals surface area contributed by atoms with Gasteiger partial charge in [0.15, 0.2) is 14.9 Å². The van der Waals surface area contributed by atoms with Crippen LogP contribution in [-0.4, -0.2) is 26.9 Å². The summed E-state index contributed by atoms with van der Waals surface area (Å²) in [6.07, 6.45) is 1.19. The number of rotatable bonds is 5. The highest BCUT2D eigenvalue weighted by molar-refractivity contribution is 7.90. The van der Waals surface area contributed by atoms with Gasteiger partial charge in [-0.1, -0.05) is 12.1 Å². The average Bonchev–Trinajstić information content (AvgIpc) is 2.53. The van der Waals surface area contributed by atoms with E-state index >= 15 is 0 Å². The van der Waals surface area contributed by atoms with E-state index in [1.54, 1.807) is 31.4 Å². The molecule has 23 heavy (non-hydrogen) atoms. The number of nitrogens with one attached hydrogen (secondary N) is 2. The number of thiocarbonyl (C=S) groups is 1. The van der Waals surface area contributed by atoms with E-state index in [0.717, 1.165) is 17.0 Å². The highest BCUT2D eigenvalue weighted by Gasteiger charge is 2.06. The number of hydrogen-bond acceptors (Lipinski definition) is 4. The van der Waals surface area contributed by atoms with Gasteiger partial charge in [-0.25, -0.2) is 8.42 Å². The molecule has 0 heterocycles. The molecule has 0 fully saturated rings. The minimum atomic E-state index is -3.17. The monoisotopic (exact) mass is 350 g/mol. The number of anilines is 1. The first-order valence-corrected chi connectivity index (χ1v) is 9.16. The number of hydrogen-bond donors (Lipinski definition) is 2. The Morgan fingerprint density at radius 3 is 2.22 bits per heavy atom. The number of ether oxygens (including phenoxy) is 1. The molecule has 2 aromatic carbocycles. The molecule has 0 unspecified atom stereocenters. The van der Waals surface area contributed by atoms with E-state index in [1.165, 1.54) is 6.26 Å². The van der Waals surface area contributed by atoms with Crippen LogP contribution in [0.2, 0.25) is 0 Å². The summed E-state index contributed by atoms with van der Waals surface area (Å²) in [5, 5.41) is 6.63. The fourth-order valence-electron chi connectivity index (χ4n) is 1.89. The van der Waals surface area contributed by atoms with Crippen molar-refractivity contribution in [3.05, 3.63) is 54.1 Å². The van der Waals surface area contributed by atoms with Crippen LogP contribution >= 0.6 is 12.2 Å². The molecule has 2 aromatic rings. The molecule has 0 spiro atoms. The van der Waals surface area contributed by atoms with E-state index in [9.17, 15) is 8.42 Å². The normalized spacial score (nSPS) is 10.9. The van der Waals surface area contributed by atoms with Crippen molar-refractivity contribution >= 4 is 32.9 Å². The molecule has 0 aromatic heterocycles. The molecule has 0 saturated heterocycles. The maximum Gasteiger partial charge on any atom is 0.175 e. The second-order valence-corrected chi connectivity index (χ2v) is 7.38. The molecule has 0 aliphatic carbocycles. The van der Waals surface area contributed by atoms with E-state index in [4.69, 9.17) is 17.0 Å². The van der Waals surface area contributed by atoms with Gasteiger partial charge in [-0.3, -0.25) is 0 Å². The molecule has 7 heteroatoms. The molecule has 0 bridgehead atoms. The number of methoxy groups -OCH3 is 1. The maximum atomic E-state index is 11.4. The lowest BCUT2D eigenvalue weighted by Gasteiger charge is -2.11. The van der Waals surface area contributed by atoms with Crippen LogP contribution in [-0.2, 0) is 16.4 Å². The van der Waals surface area contributed by atoms with E-state index < -0.39 is 9.84 Å². The minimum absolute atomic E-state index is 0.306. The van der Waals surface area contributed by atoms with Crippen molar-refractivity contribution in [2.24, 2.45) is 0 Å². The summed E-state index contributed by atoms with van der Waals surface area (Å²) < 4.78 is 27.9. The number of sulfone groups is 1. The van der Waals surface area contributed by atoms with Gasteiger partial charge in [0.1, 0.15) is 5.75 Å². The molecule has 0 amide bonds. The zero-order chi connectivity index (χ0) is 16.9. The second-order valence-electron chi connectivity index (χ2n) is 4.95. The second kappa shape index (κ2) is 7.43. The summed E-state index contributed by atoms with van der Waals surface area (Å²) in [5.41, 5.74) is 1.80. The fourth-order valence-corrected chi connectivity index (χ4v) is 2.71. The molecule has 0 atom stereocenters. The van der Waals surface area contributed by atoms with Crippen LogP contribution in [0, 0.1) is 0 Å². The summed E-state index contributed by atoms with van der Waals surface area (Å²) >= 11 is 5.23. The lowest BCUT2D eigenvalue weighted by molar-refractivity contribution is 0.415. The van der Waals surface area contributed by atoms with Crippen molar-refractivity contribution in [2.75, 3.05) is 18.7 Å².